The maximum absolute atomic E-state index is 12.2. The van der Waals surface area contributed by atoms with Crippen LogP contribution >= 0.6 is 11.6 Å². The maximum atomic E-state index is 12.2. The minimum atomic E-state index is -3.50. The standard InChI is InChI=1S/C15H19ClN2O3S/c16-14-6-3-12(4-7-14)5-8-15(19)18-9-1-2-13(10-18)11-22(17,20)21/h3-8,13H,1-2,9-11H2,(H2,17,20,21)/b8-5-/t13-/m1/s1. The minimum Gasteiger partial charge on any atom is -0.339 e. The normalized spacial score (nSPS) is 19.5. The SMILES string of the molecule is NS(=O)(=O)C[C@@H]1CCCN(C(=O)/C=C\c2ccc(Cl)cc2)C1. The van der Waals surface area contributed by atoms with Crippen LogP contribution in [0.25, 0.3) is 6.08 Å². The molecule has 120 valence electrons. The van der Waals surface area contributed by atoms with E-state index in [-0.39, 0.29) is 17.6 Å². The predicted molar refractivity (Wildman–Crippen MR) is 87.8 cm³/mol. The van der Waals surface area contributed by atoms with Crippen molar-refractivity contribution < 1.29 is 13.2 Å². The lowest BCUT2D eigenvalue weighted by Crippen LogP contribution is -2.41. The molecule has 1 amide bonds. The van der Waals surface area contributed by atoms with Gasteiger partial charge in [-0.2, -0.15) is 0 Å². The van der Waals surface area contributed by atoms with Crippen LogP contribution in [-0.2, 0) is 14.8 Å². The molecule has 7 heteroatoms. The number of sulfonamides is 1. The first-order valence-electron chi connectivity index (χ1n) is 7.06. The Hall–Kier alpha value is -1.37. The van der Waals surface area contributed by atoms with Gasteiger partial charge in [-0.05, 0) is 42.5 Å². The quantitative estimate of drug-likeness (QED) is 0.848. The molecule has 0 spiro atoms. The maximum Gasteiger partial charge on any atom is 0.246 e. The van der Waals surface area contributed by atoms with E-state index in [2.05, 4.69) is 0 Å². The van der Waals surface area contributed by atoms with Gasteiger partial charge in [-0.15, -0.1) is 0 Å². The van der Waals surface area contributed by atoms with E-state index in [0.717, 1.165) is 18.4 Å². The number of benzene rings is 1. The lowest BCUT2D eigenvalue weighted by Gasteiger charge is -2.31. The molecular formula is C15H19ClN2O3S. The smallest absolute Gasteiger partial charge is 0.246 e. The van der Waals surface area contributed by atoms with Crippen LogP contribution in [0, 0.1) is 5.92 Å². The molecule has 1 heterocycles. The van der Waals surface area contributed by atoms with Crippen LogP contribution in [0.15, 0.2) is 30.3 Å². The number of carbonyl (C=O) groups is 1. The molecule has 1 aliphatic heterocycles. The second-order valence-corrected chi connectivity index (χ2v) is 7.60. The summed E-state index contributed by atoms with van der Waals surface area (Å²) in [5.41, 5.74) is 0.885. The third-order valence-electron chi connectivity index (χ3n) is 3.59. The van der Waals surface area contributed by atoms with Crippen molar-refractivity contribution in [3.63, 3.8) is 0 Å². The molecule has 0 saturated carbocycles. The number of nitrogens with two attached hydrogens (primary N) is 1. The van der Waals surface area contributed by atoms with E-state index in [1.807, 2.05) is 12.1 Å². The summed E-state index contributed by atoms with van der Waals surface area (Å²) in [7, 11) is -3.50. The molecule has 1 saturated heterocycles. The Morgan fingerprint density at radius 3 is 2.68 bits per heavy atom. The van der Waals surface area contributed by atoms with Gasteiger partial charge in [0, 0.05) is 24.2 Å². The Morgan fingerprint density at radius 2 is 2.05 bits per heavy atom. The number of hydrogen-bond acceptors (Lipinski definition) is 3. The number of halogens is 1. The number of amides is 1. The first kappa shape index (κ1) is 17.0. The van der Waals surface area contributed by atoms with Crippen molar-refractivity contribution in [3.8, 4) is 0 Å². The van der Waals surface area contributed by atoms with Crippen molar-refractivity contribution in [1.82, 2.24) is 4.90 Å². The second-order valence-electron chi connectivity index (χ2n) is 5.51. The Morgan fingerprint density at radius 1 is 1.36 bits per heavy atom. The topological polar surface area (TPSA) is 80.5 Å². The van der Waals surface area contributed by atoms with Crippen LogP contribution < -0.4 is 5.14 Å². The zero-order valence-corrected chi connectivity index (χ0v) is 13.7. The molecule has 0 aromatic heterocycles. The van der Waals surface area contributed by atoms with E-state index in [1.54, 1.807) is 23.1 Å². The largest absolute Gasteiger partial charge is 0.339 e. The van der Waals surface area contributed by atoms with Gasteiger partial charge in [0.25, 0.3) is 0 Å². The van der Waals surface area contributed by atoms with Gasteiger partial charge < -0.3 is 4.90 Å². The molecule has 2 rings (SSSR count). The summed E-state index contributed by atoms with van der Waals surface area (Å²) >= 11 is 5.81. The van der Waals surface area contributed by atoms with Crippen molar-refractivity contribution in [2.24, 2.45) is 11.1 Å². The number of primary sulfonamides is 1. The van der Waals surface area contributed by atoms with E-state index >= 15 is 0 Å². The predicted octanol–water partition coefficient (Wildman–Crippen LogP) is 1.88. The zero-order valence-electron chi connectivity index (χ0n) is 12.1. The molecule has 1 fully saturated rings. The van der Waals surface area contributed by atoms with Crippen molar-refractivity contribution in [2.45, 2.75) is 12.8 Å². The van der Waals surface area contributed by atoms with Crippen molar-refractivity contribution >= 4 is 33.6 Å². The summed E-state index contributed by atoms with van der Waals surface area (Å²) in [5.74, 6) is -0.275. The number of rotatable bonds is 4. The Kier molecular flexibility index (Phi) is 5.61. The van der Waals surface area contributed by atoms with Gasteiger partial charge in [0.15, 0.2) is 0 Å². The Balaban J connectivity index is 1.95. The molecule has 0 bridgehead atoms. The Labute approximate surface area is 135 Å². The number of hydrogen-bond donors (Lipinski definition) is 1. The summed E-state index contributed by atoms with van der Waals surface area (Å²) in [6, 6.07) is 7.17. The molecule has 0 aliphatic carbocycles. The summed E-state index contributed by atoms with van der Waals surface area (Å²) in [6.45, 7) is 1.07. The third kappa shape index (κ3) is 5.44. The summed E-state index contributed by atoms with van der Waals surface area (Å²) in [6.07, 6.45) is 4.80. The molecule has 2 N–H and O–H groups in total. The van der Waals surface area contributed by atoms with E-state index in [4.69, 9.17) is 16.7 Å². The van der Waals surface area contributed by atoms with Gasteiger partial charge in [0.05, 0.1) is 5.75 Å². The minimum absolute atomic E-state index is 0.0717. The summed E-state index contributed by atoms with van der Waals surface area (Å²) < 4.78 is 22.3. The highest BCUT2D eigenvalue weighted by atomic mass is 35.5. The molecular weight excluding hydrogens is 324 g/mol. The molecule has 1 aromatic carbocycles. The molecule has 1 aromatic rings. The average Bonchev–Trinajstić information content (AvgIpc) is 2.45. The van der Waals surface area contributed by atoms with Crippen molar-refractivity contribution in [3.05, 3.63) is 40.9 Å². The molecule has 1 atom stereocenters. The van der Waals surface area contributed by atoms with Crippen molar-refractivity contribution in [1.29, 1.82) is 0 Å². The fraction of sp³-hybridized carbons (Fsp3) is 0.400. The molecule has 0 unspecified atom stereocenters. The van der Waals surface area contributed by atoms with Crippen LogP contribution in [0.3, 0.4) is 0 Å². The molecule has 0 radical (unpaired) electrons. The third-order valence-corrected chi connectivity index (χ3v) is 4.78. The molecule has 22 heavy (non-hydrogen) atoms. The molecule has 1 aliphatic rings. The lowest BCUT2D eigenvalue weighted by atomic mass is 10.00. The van der Waals surface area contributed by atoms with Crippen molar-refractivity contribution in [2.75, 3.05) is 18.8 Å². The van der Waals surface area contributed by atoms with Crippen LogP contribution in [0.5, 0.6) is 0 Å². The highest BCUT2D eigenvalue weighted by Crippen LogP contribution is 2.18. The van der Waals surface area contributed by atoms with Crippen LogP contribution in [0.1, 0.15) is 18.4 Å². The van der Waals surface area contributed by atoms with Gasteiger partial charge in [-0.25, -0.2) is 13.6 Å². The van der Waals surface area contributed by atoms with E-state index in [9.17, 15) is 13.2 Å². The summed E-state index contributed by atoms with van der Waals surface area (Å²) in [5, 5.41) is 5.72. The van der Waals surface area contributed by atoms with Gasteiger partial charge in [0.1, 0.15) is 0 Å². The fourth-order valence-electron chi connectivity index (χ4n) is 2.58. The van der Waals surface area contributed by atoms with E-state index < -0.39 is 10.0 Å². The highest BCUT2D eigenvalue weighted by Gasteiger charge is 2.25. The Bertz CT molecular complexity index is 656. The van der Waals surface area contributed by atoms with Crippen LogP contribution in [0.2, 0.25) is 5.02 Å². The first-order valence-corrected chi connectivity index (χ1v) is 9.16. The lowest BCUT2D eigenvalue weighted by molar-refractivity contribution is -0.127. The van der Waals surface area contributed by atoms with Gasteiger partial charge >= 0.3 is 0 Å². The van der Waals surface area contributed by atoms with Gasteiger partial charge in [-0.1, -0.05) is 23.7 Å². The zero-order chi connectivity index (χ0) is 16.2. The van der Waals surface area contributed by atoms with Gasteiger partial charge in [-0.3, -0.25) is 4.79 Å². The monoisotopic (exact) mass is 342 g/mol. The van der Waals surface area contributed by atoms with Gasteiger partial charge in [0.2, 0.25) is 15.9 Å². The first-order chi connectivity index (χ1) is 10.3. The summed E-state index contributed by atoms with van der Waals surface area (Å²) in [4.78, 5) is 13.9. The fourth-order valence-corrected chi connectivity index (χ4v) is 3.63. The average molecular weight is 343 g/mol. The van der Waals surface area contributed by atoms with E-state index in [0.29, 0.717) is 18.1 Å². The number of likely N-dealkylation sites (tertiary alicyclic amines) is 1. The number of carbonyl (C=O) groups excluding carboxylic acids is 1. The van der Waals surface area contributed by atoms with E-state index in [1.165, 1.54) is 6.08 Å². The molecule has 5 nitrogen and oxygen atoms in total. The second kappa shape index (κ2) is 7.26. The van der Waals surface area contributed by atoms with Crippen LogP contribution in [0.4, 0.5) is 0 Å². The van der Waals surface area contributed by atoms with Crippen LogP contribution in [-0.4, -0.2) is 38.1 Å². The highest BCUT2D eigenvalue weighted by molar-refractivity contribution is 7.89. The number of nitrogens with zero attached hydrogens (tertiary/aromatic N) is 1. The number of piperidine rings is 1.